The van der Waals surface area contributed by atoms with E-state index in [4.69, 9.17) is 5.73 Å². The third kappa shape index (κ3) is 3.30. The molecule has 0 saturated heterocycles. The van der Waals surface area contributed by atoms with Gasteiger partial charge in [-0.2, -0.15) is 11.8 Å². The van der Waals surface area contributed by atoms with Gasteiger partial charge in [-0.15, -0.1) is 11.3 Å². The highest BCUT2D eigenvalue weighted by molar-refractivity contribution is 7.99. The van der Waals surface area contributed by atoms with Crippen LogP contribution in [0.5, 0.6) is 0 Å². The molecule has 80 valence electrons. The van der Waals surface area contributed by atoms with E-state index in [9.17, 15) is 0 Å². The molecule has 1 heterocycles. The van der Waals surface area contributed by atoms with Gasteiger partial charge in [0.05, 0.1) is 0 Å². The third-order valence-corrected chi connectivity index (χ3v) is 4.98. The molecule has 0 aliphatic carbocycles. The van der Waals surface area contributed by atoms with Crippen LogP contribution in [0.4, 0.5) is 0 Å². The first kappa shape index (κ1) is 12.1. The molecule has 1 nitrogen and oxygen atoms in total. The summed E-state index contributed by atoms with van der Waals surface area (Å²) in [7, 11) is 0. The van der Waals surface area contributed by atoms with Crippen molar-refractivity contribution in [2.24, 2.45) is 5.73 Å². The van der Waals surface area contributed by atoms with E-state index in [0.717, 1.165) is 11.0 Å². The highest BCUT2D eigenvalue weighted by Crippen LogP contribution is 2.26. The second kappa shape index (κ2) is 5.79. The van der Waals surface area contributed by atoms with Crippen molar-refractivity contribution < 1.29 is 0 Å². The quantitative estimate of drug-likeness (QED) is 0.835. The van der Waals surface area contributed by atoms with E-state index in [1.807, 2.05) is 11.8 Å². The van der Waals surface area contributed by atoms with Gasteiger partial charge in [0.25, 0.3) is 0 Å². The zero-order valence-electron chi connectivity index (χ0n) is 9.12. The minimum absolute atomic E-state index is 0.217. The fourth-order valence-electron chi connectivity index (χ4n) is 1.23. The maximum Gasteiger partial charge on any atom is 0.0484 e. The van der Waals surface area contributed by atoms with Crippen molar-refractivity contribution in [3.05, 3.63) is 21.9 Å². The highest BCUT2D eigenvalue weighted by atomic mass is 32.2. The first-order valence-corrected chi connectivity index (χ1v) is 6.99. The minimum atomic E-state index is 0.217. The van der Waals surface area contributed by atoms with Crippen LogP contribution < -0.4 is 5.73 Å². The molecule has 2 atom stereocenters. The molecule has 2 N–H and O–H groups in total. The lowest BCUT2D eigenvalue weighted by Gasteiger charge is -2.13. The Morgan fingerprint density at radius 3 is 2.79 bits per heavy atom. The summed E-state index contributed by atoms with van der Waals surface area (Å²) in [6.07, 6.45) is 1.22. The number of aryl methyl sites for hydroxylation is 1. The van der Waals surface area contributed by atoms with Gasteiger partial charge in [-0.05, 0) is 30.4 Å². The lowest BCUT2D eigenvalue weighted by Crippen LogP contribution is -2.14. The minimum Gasteiger partial charge on any atom is -0.323 e. The summed E-state index contributed by atoms with van der Waals surface area (Å²) in [5.41, 5.74) is 7.47. The van der Waals surface area contributed by atoms with E-state index in [1.165, 1.54) is 16.9 Å². The summed E-state index contributed by atoms with van der Waals surface area (Å²) in [4.78, 5) is 1.35. The zero-order valence-corrected chi connectivity index (χ0v) is 10.8. The SMILES string of the molecule is CCC(C)SCC(N)c1sccc1C. The van der Waals surface area contributed by atoms with Gasteiger partial charge >= 0.3 is 0 Å². The Labute approximate surface area is 95.1 Å². The van der Waals surface area contributed by atoms with E-state index in [0.29, 0.717) is 0 Å². The van der Waals surface area contributed by atoms with Gasteiger partial charge in [0.2, 0.25) is 0 Å². The molecule has 0 aliphatic heterocycles. The smallest absolute Gasteiger partial charge is 0.0484 e. The first-order valence-electron chi connectivity index (χ1n) is 5.06. The van der Waals surface area contributed by atoms with Gasteiger partial charge in [-0.25, -0.2) is 0 Å². The van der Waals surface area contributed by atoms with E-state index >= 15 is 0 Å². The van der Waals surface area contributed by atoms with Gasteiger partial charge in [0, 0.05) is 21.9 Å². The van der Waals surface area contributed by atoms with Crippen LogP contribution in [-0.4, -0.2) is 11.0 Å². The summed E-state index contributed by atoms with van der Waals surface area (Å²) in [6.45, 7) is 6.62. The summed E-state index contributed by atoms with van der Waals surface area (Å²) < 4.78 is 0. The van der Waals surface area contributed by atoms with E-state index in [1.54, 1.807) is 11.3 Å². The second-order valence-electron chi connectivity index (χ2n) is 3.63. The highest BCUT2D eigenvalue weighted by Gasteiger charge is 2.11. The maximum absolute atomic E-state index is 6.13. The van der Waals surface area contributed by atoms with Crippen LogP contribution in [0.15, 0.2) is 11.4 Å². The standard InChI is InChI=1S/C11H19NS2/c1-4-9(3)14-7-10(12)11-8(2)5-6-13-11/h5-6,9-10H,4,7,12H2,1-3H3. The molecule has 0 saturated carbocycles. The average molecular weight is 229 g/mol. The van der Waals surface area contributed by atoms with E-state index in [2.05, 4.69) is 32.2 Å². The fourth-order valence-corrected chi connectivity index (χ4v) is 3.20. The van der Waals surface area contributed by atoms with Gasteiger partial charge in [-0.1, -0.05) is 13.8 Å². The number of thioether (sulfide) groups is 1. The normalized spacial score (nSPS) is 15.4. The first-order chi connectivity index (χ1) is 6.65. The van der Waals surface area contributed by atoms with E-state index < -0.39 is 0 Å². The Morgan fingerprint density at radius 2 is 2.29 bits per heavy atom. The van der Waals surface area contributed by atoms with Crippen LogP contribution in [-0.2, 0) is 0 Å². The molecule has 0 spiro atoms. The zero-order chi connectivity index (χ0) is 10.6. The molecule has 1 aromatic rings. The van der Waals surface area contributed by atoms with Crippen LogP contribution in [0.25, 0.3) is 0 Å². The molecule has 2 unspecified atom stereocenters. The van der Waals surface area contributed by atoms with E-state index in [-0.39, 0.29) is 6.04 Å². The summed E-state index contributed by atoms with van der Waals surface area (Å²) in [5, 5.41) is 2.85. The van der Waals surface area contributed by atoms with Crippen LogP contribution in [0.2, 0.25) is 0 Å². The van der Waals surface area contributed by atoms with Crippen LogP contribution in [0.1, 0.15) is 36.8 Å². The van der Waals surface area contributed by atoms with Crippen molar-refractivity contribution in [3.8, 4) is 0 Å². The largest absolute Gasteiger partial charge is 0.323 e. The monoisotopic (exact) mass is 229 g/mol. The van der Waals surface area contributed by atoms with Crippen molar-refractivity contribution >= 4 is 23.1 Å². The van der Waals surface area contributed by atoms with Gasteiger partial charge in [0.15, 0.2) is 0 Å². The Balaban J connectivity index is 2.43. The Morgan fingerprint density at radius 1 is 1.57 bits per heavy atom. The van der Waals surface area contributed by atoms with Crippen molar-refractivity contribution in [1.82, 2.24) is 0 Å². The van der Waals surface area contributed by atoms with Crippen LogP contribution in [0, 0.1) is 6.92 Å². The van der Waals surface area contributed by atoms with Crippen molar-refractivity contribution in [1.29, 1.82) is 0 Å². The summed E-state index contributed by atoms with van der Waals surface area (Å²) >= 11 is 3.75. The molecular weight excluding hydrogens is 210 g/mol. The molecular formula is C11H19NS2. The lowest BCUT2D eigenvalue weighted by molar-refractivity contribution is 0.832. The second-order valence-corrected chi connectivity index (χ2v) is 6.05. The van der Waals surface area contributed by atoms with Crippen molar-refractivity contribution in [3.63, 3.8) is 0 Å². The molecule has 0 aromatic carbocycles. The summed E-state index contributed by atoms with van der Waals surface area (Å²) in [6, 6.07) is 2.36. The predicted molar refractivity (Wildman–Crippen MR) is 68.2 cm³/mol. The third-order valence-electron chi connectivity index (χ3n) is 2.37. The molecule has 14 heavy (non-hydrogen) atoms. The Hall–Kier alpha value is 0.0100. The Bertz CT molecular complexity index is 270. The lowest BCUT2D eigenvalue weighted by atomic mass is 10.2. The Kier molecular flexibility index (Phi) is 4.99. The van der Waals surface area contributed by atoms with Gasteiger partial charge < -0.3 is 5.73 Å². The predicted octanol–water partition coefficient (Wildman–Crippen LogP) is 3.59. The van der Waals surface area contributed by atoms with Crippen molar-refractivity contribution in [2.45, 2.75) is 38.5 Å². The van der Waals surface area contributed by atoms with Crippen molar-refractivity contribution in [2.75, 3.05) is 5.75 Å². The van der Waals surface area contributed by atoms with Gasteiger partial charge in [-0.3, -0.25) is 0 Å². The number of thiophene rings is 1. The molecule has 0 amide bonds. The molecule has 1 aromatic heterocycles. The number of nitrogens with two attached hydrogens (primary N) is 1. The fraction of sp³-hybridized carbons (Fsp3) is 0.636. The molecule has 0 aliphatic rings. The van der Waals surface area contributed by atoms with Crippen LogP contribution in [0.3, 0.4) is 0 Å². The van der Waals surface area contributed by atoms with Gasteiger partial charge in [0.1, 0.15) is 0 Å². The van der Waals surface area contributed by atoms with Crippen LogP contribution >= 0.6 is 23.1 Å². The molecule has 0 bridgehead atoms. The molecule has 0 fully saturated rings. The molecule has 0 radical (unpaired) electrons. The molecule has 3 heteroatoms. The molecule has 1 rings (SSSR count). The number of hydrogen-bond acceptors (Lipinski definition) is 3. The number of rotatable bonds is 5. The topological polar surface area (TPSA) is 26.0 Å². The maximum atomic E-state index is 6.13. The summed E-state index contributed by atoms with van der Waals surface area (Å²) in [5.74, 6) is 1.04. The average Bonchev–Trinajstić information content (AvgIpc) is 2.60. The number of hydrogen-bond donors (Lipinski definition) is 1.